The molecule has 0 unspecified atom stereocenters. The minimum absolute atomic E-state index is 0.131. The van der Waals surface area contributed by atoms with Gasteiger partial charge >= 0.3 is 0 Å². The van der Waals surface area contributed by atoms with Crippen LogP contribution in [-0.4, -0.2) is 17.5 Å². The summed E-state index contributed by atoms with van der Waals surface area (Å²) in [6.07, 6.45) is -0.131. The summed E-state index contributed by atoms with van der Waals surface area (Å²) in [4.78, 5) is 32.7. The summed E-state index contributed by atoms with van der Waals surface area (Å²) in [5.41, 5.74) is 7.45. The molecule has 77 valence electrons. The van der Waals surface area contributed by atoms with Gasteiger partial charge in [0.15, 0.2) is 5.78 Å². The van der Waals surface area contributed by atoms with Crippen molar-refractivity contribution in [2.45, 2.75) is 13.3 Å². The molecule has 4 heteroatoms. The quantitative estimate of drug-likeness (QED) is 0.547. The fourth-order valence-electron chi connectivity index (χ4n) is 1.14. The molecule has 0 atom stereocenters. The third-order valence-electron chi connectivity index (χ3n) is 1.88. The maximum absolute atomic E-state index is 11.4. The van der Waals surface area contributed by atoms with Crippen molar-refractivity contribution in [3.63, 3.8) is 0 Å². The van der Waals surface area contributed by atoms with Gasteiger partial charge in [0.1, 0.15) is 5.78 Å². The number of hydrogen-bond donors (Lipinski definition) is 0. The van der Waals surface area contributed by atoms with Crippen LogP contribution >= 0.6 is 0 Å². The van der Waals surface area contributed by atoms with E-state index in [-0.39, 0.29) is 23.6 Å². The number of amides is 1. The van der Waals surface area contributed by atoms with Gasteiger partial charge < -0.3 is 0 Å². The Hall–Kier alpha value is -1.97. The standard InChI is InChI=1S/C11H10NO3/c1-7(13)6-10(14)8-2-4-9(5-3-8)11(12)15/h2-5,12H,6H2,1H3. The van der Waals surface area contributed by atoms with Crippen LogP contribution in [0.1, 0.15) is 34.1 Å². The Morgan fingerprint density at radius 3 is 1.93 bits per heavy atom. The van der Waals surface area contributed by atoms with Gasteiger partial charge in [0, 0.05) is 11.1 Å². The molecule has 0 saturated carbocycles. The number of Topliss-reactive ketones (excluding diaryl/α,β-unsaturated/α-hetero) is 2. The largest absolute Gasteiger partial charge is 0.300 e. The lowest BCUT2D eigenvalue weighted by Crippen LogP contribution is -2.05. The fraction of sp³-hybridized carbons (Fsp3) is 0.182. The molecule has 0 bridgehead atoms. The van der Waals surface area contributed by atoms with Gasteiger partial charge in [-0.15, -0.1) is 0 Å². The second-order valence-electron chi connectivity index (χ2n) is 3.21. The average molecular weight is 204 g/mol. The number of carbonyl (C=O) groups is 3. The van der Waals surface area contributed by atoms with Crippen LogP contribution < -0.4 is 5.73 Å². The van der Waals surface area contributed by atoms with E-state index in [0.717, 1.165) is 0 Å². The number of rotatable bonds is 4. The predicted octanol–water partition coefficient (Wildman–Crippen LogP) is 1.27. The van der Waals surface area contributed by atoms with Crippen LogP contribution in [0.5, 0.6) is 0 Å². The molecule has 1 radical (unpaired) electrons. The van der Waals surface area contributed by atoms with Crippen LogP contribution in [0.4, 0.5) is 0 Å². The molecular weight excluding hydrogens is 194 g/mol. The summed E-state index contributed by atoms with van der Waals surface area (Å²) in [6.45, 7) is 1.35. The molecule has 1 aromatic rings. The summed E-state index contributed by atoms with van der Waals surface area (Å²) in [5.74, 6) is -1.26. The lowest BCUT2D eigenvalue weighted by atomic mass is 10.0. The smallest absolute Gasteiger partial charge is 0.269 e. The molecule has 0 saturated heterocycles. The van der Waals surface area contributed by atoms with E-state index in [0.29, 0.717) is 5.56 Å². The summed E-state index contributed by atoms with van der Waals surface area (Å²) in [6, 6.07) is 5.71. The van der Waals surface area contributed by atoms with Crippen LogP contribution in [-0.2, 0) is 4.79 Å². The average Bonchev–Trinajstić information content (AvgIpc) is 2.17. The first kappa shape index (κ1) is 11.1. The molecule has 0 heterocycles. The van der Waals surface area contributed by atoms with E-state index in [1.807, 2.05) is 0 Å². The Morgan fingerprint density at radius 1 is 1.07 bits per heavy atom. The van der Waals surface area contributed by atoms with Gasteiger partial charge in [0.25, 0.3) is 5.91 Å². The van der Waals surface area contributed by atoms with Gasteiger partial charge in [-0.05, 0) is 19.1 Å². The van der Waals surface area contributed by atoms with Crippen LogP contribution in [0.15, 0.2) is 24.3 Å². The van der Waals surface area contributed by atoms with Gasteiger partial charge in [-0.1, -0.05) is 12.1 Å². The first-order chi connectivity index (χ1) is 7.00. The Morgan fingerprint density at radius 2 is 1.53 bits per heavy atom. The van der Waals surface area contributed by atoms with Crippen molar-refractivity contribution in [3.05, 3.63) is 35.4 Å². The molecule has 15 heavy (non-hydrogen) atoms. The zero-order valence-corrected chi connectivity index (χ0v) is 8.24. The van der Waals surface area contributed by atoms with Gasteiger partial charge in [-0.25, -0.2) is 0 Å². The third kappa shape index (κ3) is 3.02. The fourth-order valence-corrected chi connectivity index (χ4v) is 1.14. The Labute approximate surface area is 87.1 Å². The third-order valence-corrected chi connectivity index (χ3v) is 1.88. The second-order valence-corrected chi connectivity index (χ2v) is 3.21. The number of carbonyl (C=O) groups excluding carboxylic acids is 3. The van der Waals surface area contributed by atoms with Gasteiger partial charge in [-0.2, -0.15) is 0 Å². The van der Waals surface area contributed by atoms with Crippen molar-refractivity contribution >= 4 is 17.5 Å². The van der Waals surface area contributed by atoms with Crippen LogP contribution in [0.2, 0.25) is 0 Å². The van der Waals surface area contributed by atoms with E-state index in [9.17, 15) is 14.4 Å². The lowest BCUT2D eigenvalue weighted by molar-refractivity contribution is -0.116. The van der Waals surface area contributed by atoms with E-state index in [1.165, 1.54) is 31.2 Å². The molecule has 0 aliphatic rings. The van der Waals surface area contributed by atoms with Crippen molar-refractivity contribution in [2.75, 3.05) is 0 Å². The maximum atomic E-state index is 11.4. The summed E-state index contributed by atoms with van der Waals surface area (Å²) in [7, 11) is 0. The monoisotopic (exact) mass is 204 g/mol. The van der Waals surface area contributed by atoms with Crippen LogP contribution in [0.3, 0.4) is 0 Å². The minimum Gasteiger partial charge on any atom is -0.300 e. The maximum Gasteiger partial charge on any atom is 0.269 e. The van der Waals surface area contributed by atoms with Crippen molar-refractivity contribution in [2.24, 2.45) is 0 Å². The Kier molecular flexibility index (Phi) is 3.33. The SMILES string of the molecule is CC(=O)CC(=O)c1ccc(C([NH])=O)cc1. The molecule has 1 N–H and O–H groups in total. The predicted molar refractivity (Wildman–Crippen MR) is 53.5 cm³/mol. The Balaban J connectivity index is 2.84. The van der Waals surface area contributed by atoms with Crippen LogP contribution in [0, 0.1) is 0 Å². The Bertz CT molecular complexity index is 406. The van der Waals surface area contributed by atoms with Gasteiger partial charge in [0.2, 0.25) is 0 Å². The second kappa shape index (κ2) is 4.50. The highest BCUT2D eigenvalue weighted by molar-refractivity contribution is 6.07. The first-order valence-electron chi connectivity index (χ1n) is 4.39. The molecule has 4 nitrogen and oxygen atoms in total. The number of hydrogen-bond acceptors (Lipinski definition) is 3. The van der Waals surface area contributed by atoms with Crippen LogP contribution in [0.25, 0.3) is 0 Å². The molecule has 1 amide bonds. The van der Waals surface area contributed by atoms with E-state index >= 15 is 0 Å². The number of nitrogens with one attached hydrogen (secondary N) is 1. The zero-order chi connectivity index (χ0) is 11.4. The summed E-state index contributed by atoms with van der Waals surface area (Å²) < 4.78 is 0. The highest BCUT2D eigenvalue weighted by atomic mass is 16.1. The zero-order valence-electron chi connectivity index (χ0n) is 8.24. The topological polar surface area (TPSA) is 75.0 Å². The molecular formula is C11H10NO3. The highest BCUT2D eigenvalue weighted by Gasteiger charge is 2.09. The minimum atomic E-state index is -0.791. The molecule has 1 aromatic carbocycles. The molecule has 0 aliphatic carbocycles. The number of benzene rings is 1. The molecule has 0 aromatic heterocycles. The molecule has 0 aliphatic heterocycles. The van der Waals surface area contributed by atoms with Gasteiger partial charge in [0.05, 0.1) is 6.42 Å². The van der Waals surface area contributed by atoms with Gasteiger partial charge in [-0.3, -0.25) is 20.1 Å². The van der Waals surface area contributed by atoms with Crippen molar-refractivity contribution < 1.29 is 14.4 Å². The summed E-state index contributed by atoms with van der Waals surface area (Å²) >= 11 is 0. The van der Waals surface area contributed by atoms with E-state index < -0.39 is 5.91 Å². The highest BCUT2D eigenvalue weighted by Crippen LogP contribution is 2.07. The molecule has 0 fully saturated rings. The molecule has 0 spiro atoms. The van der Waals surface area contributed by atoms with E-state index in [2.05, 4.69) is 0 Å². The van der Waals surface area contributed by atoms with Crippen molar-refractivity contribution in [1.82, 2.24) is 5.73 Å². The first-order valence-corrected chi connectivity index (χ1v) is 4.39. The lowest BCUT2D eigenvalue weighted by Gasteiger charge is -1.99. The van der Waals surface area contributed by atoms with Crippen molar-refractivity contribution in [1.29, 1.82) is 0 Å². The summed E-state index contributed by atoms with van der Waals surface area (Å²) in [5, 5.41) is 0. The van der Waals surface area contributed by atoms with Crippen molar-refractivity contribution in [3.8, 4) is 0 Å². The van der Waals surface area contributed by atoms with E-state index in [4.69, 9.17) is 5.73 Å². The normalized spacial score (nSPS) is 9.67. The van der Waals surface area contributed by atoms with E-state index in [1.54, 1.807) is 0 Å². The number of ketones is 2. The molecule has 1 rings (SSSR count).